The van der Waals surface area contributed by atoms with Crippen LogP contribution in [-0.4, -0.2) is 16.1 Å². The number of carbonyl (C=O) groups excluding carboxylic acids is 1. The number of aromatic nitrogens is 1. The van der Waals surface area contributed by atoms with Gasteiger partial charge in [-0.15, -0.1) is 0 Å². The Hall–Kier alpha value is -2.46. The molecule has 1 heterocycles. The quantitative estimate of drug-likeness (QED) is 0.818. The molecule has 0 saturated heterocycles. The second-order valence-corrected chi connectivity index (χ2v) is 7.51. The van der Waals surface area contributed by atoms with Crippen LogP contribution in [0.5, 0.6) is 0 Å². The zero-order valence-corrected chi connectivity index (χ0v) is 15.2. The van der Waals surface area contributed by atoms with Gasteiger partial charge in [0.15, 0.2) is 0 Å². The molecule has 134 valence electrons. The molecule has 0 aliphatic heterocycles. The molecule has 2 aromatic rings. The lowest BCUT2D eigenvalue weighted by atomic mass is 10.0. The number of thioether (sulfide) groups is 1. The van der Waals surface area contributed by atoms with Crippen molar-refractivity contribution in [2.45, 2.75) is 43.4 Å². The van der Waals surface area contributed by atoms with Gasteiger partial charge in [-0.1, -0.05) is 11.8 Å². The van der Waals surface area contributed by atoms with Crippen LogP contribution in [0.1, 0.15) is 35.7 Å². The van der Waals surface area contributed by atoms with E-state index >= 15 is 0 Å². The minimum atomic E-state index is -0.834. The second-order valence-electron chi connectivity index (χ2n) is 6.18. The summed E-state index contributed by atoms with van der Waals surface area (Å²) in [5, 5.41) is 11.9. The van der Waals surface area contributed by atoms with E-state index in [0.29, 0.717) is 16.7 Å². The predicted octanol–water partition coefficient (Wildman–Crippen LogP) is 4.15. The number of hydrogen-bond acceptors (Lipinski definition) is 4. The topological polar surface area (TPSA) is 65.8 Å². The normalized spacial score (nSPS) is 13.8. The fraction of sp³-hybridized carbons (Fsp3) is 0.316. The minimum Gasteiger partial charge on any atom is -0.323 e. The van der Waals surface area contributed by atoms with Gasteiger partial charge in [-0.2, -0.15) is 5.26 Å². The van der Waals surface area contributed by atoms with Crippen LogP contribution >= 0.6 is 11.8 Å². The number of amides is 1. The minimum absolute atomic E-state index is 0.0811. The summed E-state index contributed by atoms with van der Waals surface area (Å²) in [5.74, 6) is -1.98. The van der Waals surface area contributed by atoms with E-state index in [1.54, 1.807) is 6.92 Å². The third-order valence-electron chi connectivity index (χ3n) is 4.43. The van der Waals surface area contributed by atoms with Gasteiger partial charge in [0.05, 0.1) is 16.5 Å². The maximum Gasteiger partial charge on any atom is 0.237 e. The summed E-state index contributed by atoms with van der Waals surface area (Å²) in [5.41, 5.74) is 3.46. The Morgan fingerprint density at radius 2 is 2.15 bits per heavy atom. The molecule has 1 aliphatic carbocycles. The van der Waals surface area contributed by atoms with Crippen LogP contribution in [0.4, 0.5) is 14.5 Å². The number of nitriles is 1. The van der Waals surface area contributed by atoms with E-state index in [9.17, 15) is 18.8 Å². The van der Waals surface area contributed by atoms with Crippen LogP contribution in [0, 0.1) is 29.9 Å². The molecule has 7 heteroatoms. The van der Waals surface area contributed by atoms with Gasteiger partial charge in [0, 0.05) is 11.8 Å². The lowest BCUT2D eigenvalue weighted by Crippen LogP contribution is -2.23. The monoisotopic (exact) mass is 373 g/mol. The molecular formula is C19H17F2N3OS. The number of halogens is 2. The van der Waals surface area contributed by atoms with Crippen molar-refractivity contribution < 1.29 is 13.6 Å². The van der Waals surface area contributed by atoms with Crippen molar-refractivity contribution in [3.05, 3.63) is 52.2 Å². The Morgan fingerprint density at radius 3 is 2.85 bits per heavy atom. The van der Waals surface area contributed by atoms with Gasteiger partial charge in [-0.05, 0) is 56.4 Å². The van der Waals surface area contributed by atoms with Gasteiger partial charge < -0.3 is 5.32 Å². The van der Waals surface area contributed by atoms with E-state index in [-0.39, 0.29) is 5.69 Å². The Bertz CT molecular complexity index is 924. The van der Waals surface area contributed by atoms with Gasteiger partial charge in [0.1, 0.15) is 22.7 Å². The highest BCUT2D eigenvalue weighted by Gasteiger charge is 2.24. The Morgan fingerprint density at radius 1 is 1.38 bits per heavy atom. The maximum atomic E-state index is 13.7. The standard InChI is InChI=1S/C19H17F2N3OS/c1-10-13-4-3-5-16(13)24-19(14(10)9-22)26-11(2)18(25)23-17-7-6-12(20)8-15(17)21/h6-8,11H,3-5H2,1-2H3,(H,23,25). The molecule has 0 spiro atoms. The van der Waals surface area contributed by atoms with Crippen molar-refractivity contribution in [1.82, 2.24) is 4.98 Å². The molecule has 1 aromatic heterocycles. The van der Waals surface area contributed by atoms with E-state index in [4.69, 9.17) is 0 Å². The zero-order valence-electron chi connectivity index (χ0n) is 14.4. The van der Waals surface area contributed by atoms with Crippen molar-refractivity contribution in [1.29, 1.82) is 5.26 Å². The summed E-state index contributed by atoms with van der Waals surface area (Å²) < 4.78 is 26.7. The van der Waals surface area contributed by atoms with E-state index in [1.165, 1.54) is 17.8 Å². The molecular weight excluding hydrogens is 356 g/mol. The van der Waals surface area contributed by atoms with Gasteiger partial charge >= 0.3 is 0 Å². The third-order valence-corrected chi connectivity index (χ3v) is 5.51. The van der Waals surface area contributed by atoms with E-state index in [2.05, 4.69) is 16.4 Å². The number of nitrogens with one attached hydrogen (secondary N) is 1. The molecule has 0 bridgehead atoms. The van der Waals surface area contributed by atoms with Crippen molar-refractivity contribution in [2.75, 3.05) is 5.32 Å². The predicted molar refractivity (Wildman–Crippen MR) is 96.0 cm³/mol. The second kappa shape index (κ2) is 7.42. The Kier molecular flexibility index (Phi) is 5.23. The number of anilines is 1. The lowest BCUT2D eigenvalue weighted by Gasteiger charge is -2.15. The molecule has 0 fully saturated rings. The molecule has 1 amide bonds. The number of benzene rings is 1. The first-order chi connectivity index (χ1) is 12.4. The highest BCUT2D eigenvalue weighted by molar-refractivity contribution is 8.00. The van der Waals surface area contributed by atoms with E-state index in [0.717, 1.165) is 42.1 Å². The van der Waals surface area contributed by atoms with Crippen molar-refractivity contribution >= 4 is 23.4 Å². The maximum absolute atomic E-state index is 13.7. The van der Waals surface area contributed by atoms with Crippen LogP contribution < -0.4 is 5.32 Å². The first kappa shape index (κ1) is 18.3. The van der Waals surface area contributed by atoms with Crippen LogP contribution in [0.2, 0.25) is 0 Å². The van der Waals surface area contributed by atoms with Crippen LogP contribution in [0.15, 0.2) is 23.2 Å². The number of fused-ring (bicyclic) bond motifs is 1. The average Bonchev–Trinajstić information content (AvgIpc) is 3.06. The number of nitrogens with zero attached hydrogens (tertiary/aromatic N) is 2. The molecule has 1 N–H and O–H groups in total. The number of aryl methyl sites for hydroxylation is 1. The van der Waals surface area contributed by atoms with E-state index < -0.39 is 22.8 Å². The number of pyridine rings is 1. The molecule has 3 rings (SSSR count). The zero-order chi connectivity index (χ0) is 18.8. The first-order valence-electron chi connectivity index (χ1n) is 8.25. The van der Waals surface area contributed by atoms with Crippen molar-refractivity contribution in [2.24, 2.45) is 0 Å². The molecule has 1 aromatic carbocycles. The number of rotatable bonds is 4. The van der Waals surface area contributed by atoms with Crippen molar-refractivity contribution in [3.63, 3.8) is 0 Å². The molecule has 0 saturated carbocycles. The fourth-order valence-electron chi connectivity index (χ4n) is 3.01. The van der Waals surface area contributed by atoms with Gasteiger partial charge in [-0.3, -0.25) is 4.79 Å². The smallest absolute Gasteiger partial charge is 0.237 e. The first-order valence-corrected chi connectivity index (χ1v) is 9.13. The highest BCUT2D eigenvalue weighted by atomic mass is 32.2. The van der Waals surface area contributed by atoms with E-state index in [1.807, 2.05) is 6.92 Å². The van der Waals surface area contributed by atoms with Crippen LogP contribution in [0.25, 0.3) is 0 Å². The third kappa shape index (κ3) is 3.56. The molecule has 1 atom stereocenters. The Labute approximate surface area is 154 Å². The molecule has 26 heavy (non-hydrogen) atoms. The summed E-state index contributed by atoms with van der Waals surface area (Å²) in [6, 6.07) is 5.16. The molecule has 4 nitrogen and oxygen atoms in total. The van der Waals surface area contributed by atoms with Gasteiger partial charge in [0.25, 0.3) is 0 Å². The number of hydrogen-bond donors (Lipinski definition) is 1. The Balaban J connectivity index is 1.79. The fourth-order valence-corrected chi connectivity index (χ4v) is 3.99. The molecule has 0 radical (unpaired) electrons. The number of carbonyl (C=O) groups is 1. The molecule has 1 aliphatic rings. The van der Waals surface area contributed by atoms with Gasteiger partial charge in [-0.25, -0.2) is 13.8 Å². The average molecular weight is 373 g/mol. The summed E-state index contributed by atoms with van der Waals surface area (Å²) in [4.78, 5) is 16.9. The summed E-state index contributed by atoms with van der Waals surface area (Å²) in [7, 11) is 0. The van der Waals surface area contributed by atoms with Gasteiger partial charge in [0.2, 0.25) is 5.91 Å². The van der Waals surface area contributed by atoms with Crippen LogP contribution in [0.3, 0.4) is 0 Å². The largest absolute Gasteiger partial charge is 0.323 e. The SMILES string of the molecule is Cc1c(C#N)c(SC(C)C(=O)Nc2ccc(F)cc2F)nc2c1CCC2. The highest BCUT2D eigenvalue weighted by Crippen LogP contribution is 2.33. The molecule has 1 unspecified atom stereocenters. The summed E-state index contributed by atoms with van der Waals surface area (Å²) in [6.07, 6.45) is 2.81. The summed E-state index contributed by atoms with van der Waals surface area (Å²) in [6.45, 7) is 3.57. The lowest BCUT2D eigenvalue weighted by molar-refractivity contribution is -0.115. The summed E-state index contributed by atoms with van der Waals surface area (Å²) >= 11 is 1.17. The van der Waals surface area contributed by atoms with Crippen molar-refractivity contribution in [3.8, 4) is 6.07 Å². The van der Waals surface area contributed by atoms with Crippen LogP contribution in [-0.2, 0) is 17.6 Å².